The molecule has 27 heavy (non-hydrogen) atoms. The molecule has 0 heterocycles. The number of nitrogens with one attached hydrogen (secondary N) is 1. The molecule has 2 aromatic rings. The molecular formula is C21H26ClN3O2. The van der Waals surface area contributed by atoms with E-state index in [1.165, 1.54) is 4.90 Å². The zero-order chi connectivity index (χ0) is 20.0. The average molecular weight is 388 g/mol. The van der Waals surface area contributed by atoms with E-state index in [1.54, 1.807) is 7.05 Å². The number of hydrogen-bond acceptors (Lipinski definition) is 3. The highest BCUT2D eigenvalue weighted by molar-refractivity contribution is 6.31. The molecule has 6 heteroatoms. The van der Waals surface area contributed by atoms with Gasteiger partial charge in [-0.25, -0.2) is 0 Å². The first-order chi connectivity index (χ1) is 12.8. The molecule has 0 aliphatic carbocycles. The number of anilines is 1. The highest BCUT2D eigenvalue weighted by atomic mass is 35.5. The van der Waals surface area contributed by atoms with Crippen LogP contribution < -0.4 is 5.32 Å². The van der Waals surface area contributed by atoms with Gasteiger partial charge in [0.05, 0.1) is 13.1 Å². The summed E-state index contributed by atoms with van der Waals surface area (Å²) in [4.78, 5) is 28.0. The van der Waals surface area contributed by atoms with E-state index in [1.807, 2.05) is 68.3 Å². The summed E-state index contributed by atoms with van der Waals surface area (Å²) in [6.45, 7) is 4.69. The van der Waals surface area contributed by atoms with Crippen molar-refractivity contribution in [2.75, 3.05) is 32.5 Å². The Morgan fingerprint density at radius 3 is 2.44 bits per heavy atom. The highest BCUT2D eigenvalue weighted by Crippen LogP contribution is 2.17. The first-order valence-electron chi connectivity index (χ1n) is 8.79. The molecule has 0 saturated heterocycles. The summed E-state index contributed by atoms with van der Waals surface area (Å²) < 4.78 is 0. The molecule has 2 amide bonds. The fraction of sp³-hybridized carbons (Fsp3) is 0.333. The van der Waals surface area contributed by atoms with Crippen LogP contribution in [0.15, 0.2) is 42.5 Å². The lowest BCUT2D eigenvalue weighted by atomic mass is 10.1. The summed E-state index contributed by atoms with van der Waals surface area (Å²) in [6, 6.07) is 13.4. The predicted octanol–water partition coefficient (Wildman–Crippen LogP) is 3.49. The minimum atomic E-state index is -0.215. The van der Waals surface area contributed by atoms with Crippen molar-refractivity contribution in [2.24, 2.45) is 0 Å². The molecule has 0 radical (unpaired) electrons. The molecule has 0 aromatic heterocycles. The Hall–Kier alpha value is -2.37. The quantitative estimate of drug-likeness (QED) is 0.791. The minimum absolute atomic E-state index is 0.00610. The van der Waals surface area contributed by atoms with Crippen LogP contribution in [-0.2, 0) is 16.1 Å². The van der Waals surface area contributed by atoms with E-state index in [2.05, 4.69) is 5.32 Å². The van der Waals surface area contributed by atoms with Crippen LogP contribution in [0, 0.1) is 13.8 Å². The van der Waals surface area contributed by atoms with E-state index >= 15 is 0 Å². The summed E-state index contributed by atoms with van der Waals surface area (Å²) in [5, 5.41) is 3.55. The monoisotopic (exact) mass is 387 g/mol. The van der Waals surface area contributed by atoms with E-state index in [9.17, 15) is 9.59 Å². The molecule has 0 saturated carbocycles. The maximum absolute atomic E-state index is 12.4. The number of hydrogen-bond donors (Lipinski definition) is 1. The molecule has 0 aliphatic heterocycles. The lowest BCUT2D eigenvalue weighted by Crippen LogP contribution is -2.40. The van der Waals surface area contributed by atoms with Crippen LogP contribution in [0.25, 0.3) is 0 Å². The summed E-state index contributed by atoms with van der Waals surface area (Å²) in [5.74, 6) is -0.339. The van der Waals surface area contributed by atoms with Crippen molar-refractivity contribution in [1.82, 2.24) is 9.80 Å². The van der Waals surface area contributed by atoms with Crippen LogP contribution in [0.1, 0.15) is 16.7 Å². The molecule has 0 atom stereocenters. The van der Waals surface area contributed by atoms with Crippen LogP contribution in [-0.4, -0.2) is 48.8 Å². The molecule has 2 rings (SSSR count). The maximum atomic E-state index is 12.4. The largest absolute Gasteiger partial charge is 0.335 e. The highest BCUT2D eigenvalue weighted by Gasteiger charge is 2.16. The zero-order valence-corrected chi connectivity index (χ0v) is 17.0. The van der Waals surface area contributed by atoms with Crippen molar-refractivity contribution in [2.45, 2.75) is 20.4 Å². The minimum Gasteiger partial charge on any atom is -0.335 e. The third kappa shape index (κ3) is 6.38. The van der Waals surface area contributed by atoms with Gasteiger partial charge in [-0.1, -0.05) is 41.9 Å². The van der Waals surface area contributed by atoms with Crippen LogP contribution in [0.5, 0.6) is 0 Å². The second kappa shape index (κ2) is 9.53. The van der Waals surface area contributed by atoms with Gasteiger partial charge in [0.1, 0.15) is 0 Å². The van der Waals surface area contributed by atoms with E-state index in [-0.39, 0.29) is 24.9 Å². The molecule has 2 aromatic carbocycles. The molecule has 144 valence electrons. The van der Waals surface area contributed by atoms with Crippen molar-refractivity contribution >= 4 is 29.1 Å². The van der Waals surface area contributed by atoms with E-state index in [0.717, 1.165) is 22.4 Å². The summed E-state index contributed by atoms with van der Waals surface area (Å²) in [7, 11) is 3.49. The van der Waals surface area contributed by atoms with Crippen LogP contribution in [0.4, 0.5) is 5.69 Å². The van der Waals surface area contributed by atoms with E-state index in [0.29, 0.717) is 11.6 Å². The van der Waals surface area contributed by atoms with Gasteiger partial charge in [0.25, 0.3) is 0 Å². The van der Waals surface area contributed by atoms with Crippen LogP contribution >= 0.6 is 11.6 Å². The van der Waals surface area contributed by atoms with Gasteiger partial charge in [0, 0.05) is 24.3 Å². The third-order valence-electron chi connectivity index (χ3n) is 4.28. The summed E-state index contributed by atoms with van der Waals surface area (Å²) >= 11 is 6.16. The molecule has 1 N–H and O–H groups in total. The number of aryl methyl sites for hydroxylation is 2. The standard InChI is InChI=1S/C21H26ClN3O2/c1-15-9-10-16(2)19(11-15)23-20(26)13-25(4)21(27)14-24(3)12-17-7-5-6-8-18(17)22/h5-11H,12-14H2,1-4H3,(H,23,26). The van der Waals surface area contributed by atoms with Gasteiger partial charge in [-0.05, 0) is 49.7 Å². The van der Waals surface area contributed by atoms with Crippen molar-refractivity contribution in [3.05, 3.63) is 64.2 Å². The van der Waals surface area contributed by atoms with Crippen molar-refractivity contribution in [3.8, 4) is 0 Å². The number of rotatable bonds is 7. The lowest BCUT2D eigenvalue weighted by molar-refractivity contribution is -0.134. The molecule has 5 nitrogen and oxygen atoms in total. The topological polar surface area (TPSA) is 52.7 Å². The predicted molar refractivity (Wildman–Crippen MR) is 110 cm³/mol. The van der Waals surface area contributed by atoms with Gasteiger partial charge in [-0.15, -0.1) is 0 Å². The number of halogens is 1. The Bertz CT molecular complexity index is 823. The van der Waals surface area contributed by atoms with Gasteiger partial charge in [-0.3, -0.25) is 14.5 Å². The lowest BCUT2D eigenvalue weighted by Gasteiger charge is -2.22. The third-order valence-corrected chi connectivity index (χ3v) is 4.65. The van der Waals surface area contributed by atoms with Gasteiger partial charge in [-0.2, -0.15) is 0 Å². The summed E-state index contributed by atoms with van der Waals surface area (Å²) in [5.41, 5.74) is 3.80. The Labute approximate surface area is 165 Å². The van der Waals surface area contributed by atoms with Gasteiger partial charge < -0.3 is 10.2 Å². The summed E-state index contributed by atoms with van der Waals surface area (Å²) in [6.07, 6.45) is 0. The van der Waals surface area contributed by atoms with Crippen LogP contribution in [0.2, 0.25) is 5.02 Å². The Morgan fingerprint density at radius 2 is 1.74 bits per heavy atom. The number of likely N-dealkylation sites (N-methyl/N-ethyl adjacent to an activating group) is 2. The molecule has 0 bridgehead atoms. The smallest absolute Gasteiger partial charge is 0.243 e. The molecule has 0 aliphatic rings. The van der Waals surface area contributed by atoms with Gasteiger partial charge in [0.2, 0.25) is 11.8 Å². The first kappa shape index (κ1) is 20.9. The Balaban J connectivity index is 1.86. The number of nitrogens with zero attached hydrogens (tertiary/aromatic N) is 2. The average Bonchev–Trinajstić information content (AvgIpc) is 2.60. The van der Waals surface area contributed by atoms with Crippen molar-refractivity contribution in [3.63, 3.8) is 0 Å². The van der Waals surface area contributed by atoms with Crippen LogP contribution in [0.3, 0.4) is 0 Å². The number of amides is 2. The first-order valence-corrected chi connectivity index (χ1v) is 9.17. The number of benzene rings is 2. The second-order valence-corrected chi connectivity index (χ2v) is 7.29. The van der Waals surface area contributed by atoms with E-state index < -0.39 is 0 Å². The van der Waals surface area contributed by atoms with Crippen molar-refractivity contribution < 1.29 is 9.59 Å². The molecular weight excluding hydrogens is 362 g/mol. The number of carbonyl (C=O) groups is 2. The molecule has 0 unspecified atom stereocenters. The fourth-order valence-electron chi connectivity index (χ4n) is 2.69. The van der Waals surface area contributed by atoms with Crippen molar-refractivity contribution in [1.29, 1.82) is 0 Å². The number of carbonyl (C=O) groups excluding carboxylic acids is 2. The van der Waals surface area contributed by atoms with Gasteiger partial charge in [0.15, 0.2) is 0 Å². The molecule has 0 spiro atoms. The SMILES string of the molecule is Cc1ccc(C)c(NC(=O)CN(C)C(=O)CN(C)Cc2ccccc2Cl)c1. The molecule has 0 fully saturated rings. The fourth-order valence-corrected chi connectivity index (χ4v) is 2.88. The second-order valence-electron chi connectivity index (χ2n) is 6.88. The zero-order valence-electron chi connectivity index (χ0n) is 16.3. The maximum Gasteiger partial charge on any atom is 0.243 e. The normalized spacial score (nSPS) is 10.7. The Kier molecular flexibility index (Phi) is 7.39. The Morgan fingerprint density at radius 1 is 1.04 bits per heavy atom. The van der Waals surface area contributed by atoms with Gasteiger partial charge >= 0.3 is 0 Å². The van der Waals surface area contributed by atoms with E-state index in [4.69, 9.17) is 11.6 Å².